The van der Waals surface area contributed by atoms with Crippen molar-refractivity contribution < 1.29 is 4.74 Å². The molecule has 3 heteroatoms. The highest BCUT2D eigenvalue weighted by molar-refractivity contribution is 5.86. The van der Waals surface area contributed by atoms with Crippen molar-refractivity contribution in [3.63, 3.8) is 0 Å². The second kappa shape index (κ2) is 4.41. The highest BCUT2D eigenvalue weighted by Crippen LogP contribution is 2.30. The fourth-order valence-corrected chi connectivity index (χ4v) is 2.07. The van der Waals surface area contributed by atoms with Gasteiger partial charge in [0.1, 0.15) is 0 Å². The van der Waals surface area contributed by atoms with Crippen molar-refractivity contribution in [2.75, 3.05) is 6.61 Å². The van der Waals surface area contributed by atoms with Gasteiger partial charge in [-0.1, -0.05) is 18.2 Å². The molecule has 0 unspecified atom stereocenters. The second-order valence-electron chi connectivity index (χ2n) is 5.08. The quantitative estimate of drug-likeness (QED) is 0.851. The van der Waals surface area contributed by atoms with Crippen molar-refractivity contribution in [3.8, 4) is 5.88 Å². The minimum atomic E-state index is -0.239. The van der Waals surface area contributed by atoms with Gasteiger partial charge in [0.2, 0.25) is 0 Å². The molecule has 0 amide bonds. The van der Waals surface area contributed by atoms with Gasteiger partial charge in [-0.3, -0.25) is 0 Å². The minimum absolute atomic E-state index is 0.239. The molecule has 3 nitrogen and oxygen atoms in total. The molecule has 0 spiro atoms. The zero-order chi connectivity index (χ0) is 12.5. The Hall–Kier alpha value is -1.48. The smallest absolute Gasteiger partial charge is 0.195 e. The summed E-state index contributed by atoms with van der Waals surface area (Å²) in [6, 6.07) is 8.23. The summed E-state index contributed by atoms with van der Waals surface area (Å²) in [5.41, 5.74) is 8.16. The second-order valence-corrected chi connectivity index (χ2v) is 5.08. The van der Waals surface area contributed by atoms with Crippen LogP contribution in [-0.2, 0) is 6.42 Å². The normalized spacial score (nSPS) is 12.0. The highest BCUT2D eigenvalue weighted by atomic mass is 16.5. The number of ether oxygens (including phenoxy) is 1. The first-order valence-corrected chi connectivity index (χ1v) is 6.02. The third-order valence-corrected chi connectivity index (χ3v) is 2.70. The topological polar surface area (TPSA) is 51.0 Å². The van der Waals surface area contributed by atoms with Crippen LogP contribution in [0.2, 0.25) is 0 Å². The van der Waals surface area contributed by atoms with Crippen LogP contribution in [0.15, 0.2) is 24.3 Å². The van der Waals surface area contributed by atoms with Gasteiger partial charge in [-0.25, -0.2) is 0 Å². The zero-order valence-corrected chi connectivity index (χ0v) is 10.7. The van der Waals surface area contributed by atoms with Crippen LogP contribution in [0.3, 0.4) is 0 Å². The van der Waals surface area contributed by atoms with Crippen molar-refractivity contribution >= 4 is 10.9 Å². The number of rotatable bonds is 4. The first-order valence-electron chi connectivity index (χ1n) is 6.02. The summed E-state index contributed by atoms with van der Waals surface area (Å²) in [5.74, 6) is 0.854. The van der Waals surface area contributed by atoms with Gasteiger partial charge >= 0.3 is 0 Å². The van der Waals surface area contributed by atoms with Gasteiger partial charge in [0, 0.05) is 22.0 Å². The molecule has 0 aliphatic heterocycles. The molecule has 1 aromatic heterocycles. The number of fused-ring (bicyclic) bond motifs is 1. The van der Waals surface area contributed by atoms with Crippen LogP contribution in [0.1, 0.15) is 26.3 Å². The number of nitrogens with two attached hydrogens (primary N) is 1. The summed E-state index contributed by atoms with van der Waals surface area (Å²) >= 11 is 0. The molecule has 0 aliphatic carbocycles. The van der Waals surface area contributed by atoms with Gasteiger partial charge in [0.25, 0.3) is 0 Å². The Balaban J connectivity index is 2.51. The molecule has 0 saturated heterocycles. The summed E-state index contributed by atoms with van der Waals surface area (Å²) in [7, 11) is 0. The van der Waals surface area contributed by atoms with Gasteiger partial charge in [-0.2, -0.15) is 0 Å². The molecule has 2 aromatic rings. The first-order chi connectivity index (χ1) is 8.01. The number of aromatic nitrogens is 1. The average Bonchev–Trinajstić information content (AvgIpc) is 2.56. The Labute approximate surface area is 102 Å². The van der Waals surface area contributed by atoms with E-state index in [4.69, 9.17) is 10.5 Å². The number of aromatic amines is 1. The van der Waals surface area contributed by atoms with Crippen LogP contribution >= 0.6 is 0 Å². The highest BCUT2D eigenvalue weighted by Gasteiger charge is 2.19. The minimum Gasteiger partial charge on any atom is -0.479 e. The van der Waals surface area contributed by atoms with Crippen LogP contribution in [0.5, 0.6) is 5.88 Å². The molecule has 1 heterocycles. The van der Waals surface area contributed by atoms with Gasteiger partial charge < -0.3 is 15.5 Å². The summed E-state index contributed by atoms with van der Waals surface area (Å²) in [4.78, 5) is 3.31. The van der Waals surface area contributed by atoms with E-state index < -0.39 is 0 Å². The lowest BCUT2D eigenvalue weighted by molar-refractivity contribution is 0.323. The lowest BCUT2D eigenvalue weighted by Crippen LogP contribution is -2.34. The Kier molecular flexibility index (Phi) is 3.11. The Morgan fingerprint density at radius 3 is 2.65 bits per heavy atom. The fraction of sp³-hybridized carbons (Fsp3) is 0.429. The first kappa shape index (κ1) is 12.0. The molecule has 92 valence electrons. The zero-order valence-electron chi connectivity index (χ0n) is 10.7. The fourth-order valence-electron chi connectivity index (χ4n) is 2.07. The van der Waals surface area contributed by atoms with Crippen molar-refractivity contribution in [2.24, 2.45) is 5.73 Å². The van der Waals surface area contributed by atoms with Crippen LogP contribution < -0.4 is 10.5 Å². The van der Waals surface area contributed by atoms with E-state index >= 15 is 0 Å². The molecule has 0 aliphatic rings. The molecule has 1 aromatic carbocycles. The maximum atomic E-state index is 6.11. The van der Waals surface area contributed by atoms with E-state index in [1.807, 2.05) is 32.9 Å². The van der Waals surface area contributed by atoms with E-state index in [0.717, 1.165) is 17.8 Å². The summed E-state index contributed by atoms with van der Waals surface area (Å²) < 4.78 is 5.66. The number of para-hydroxylation sites is 1. The van der Waals surface area contributed by atoms with Gasteiger partial charge in [0.15, 0.2) is 5.88 Å². The molecule has 2 rings (SSSR count). The number of H-pyrrole nitrogens is 1. The van der Waals surface area contributed by atoms with Crippen molar-refractivity contribution in [2.45, 2.75) is 32.7 Å². The molecule has 0 atom stereocenters. The maximum absolute atomic E-state index is 6.11. The molecule has 0 radical (unpaired) electrons. The van der Waals surface area contributed by atoms with Gasteiger partial charge in [-0.05, 0) is 33.3 Å². The standard InChI is InChI=1S/C14H20N2O/c1-4-17-13-11(9-14(2,3)15)10-7-5-6-8-12(10)16-13/h5-8,16H,4,9,15H2,1-3H3. The number of hydrogen-bond acceptors (Lipinski definition) is 2. The lowest BCUT2D eigenvalue weighted by atomic mass is 9.95. The van der Waals surface area contributed by atoms with Crippen LogP contribution in [-0.4, -0.2) is 17.1 Å². The predicted octanol–water partition coefficient (Wildman–Crippen LogP) is 2.85. The number of benzene rings is 1. The van der Waals surface area contributed by atoms with Gasteiger partial charge in [-0.15, -0.1) is 0 Å². The van der Waals surface area contributed by atoms with Crippen molar-refractivity contribution in [3.05, 3.63) is 29.8 Å². The molecular weight excluding hydrogens is 212 g/mol. The molecule has 0 saturated carbocycles. The summed E-state index contributed by atoms with van der Waals surface area (Å²) in [5, 5.41) is 1.20. The number of hydrogen-bond donors (Lipinski definition) is 2. The maximum Gasteiger partial charge on any atom is 0.195 e. The van der Waals surface area contributed by atoms with E-state index in [0.29, 0.717) is 6.61 Å². The van der Waals surface area contributed by atoms with E-state index in [-0.39, 0.29) is 5.54 Å². The third kappa shape index (κ3) is 2.61. The van der Waals surface area contributed by atoms with Crippen molar-refractivity contribution in [1.82, 2.24) is 4.98 Å². The largest absolute Gasteiger partial charge is 0.479 e. The van der Waals surface area contributed by atoms with E-state index in [1.54, 1.807) is 0 Å². The van der Waals surface area contributed by atoms with Crippen molar-refractivity contribution in [1.29, 1.82) is 0 Å². The predicted molar refractivity (Wildman–Crippen MR) is 71.4 cm³/mol. The molecular formula is C14H20N2O. The van der Waals surface area contributed by atoms with E-state index in [2.05, 4.69) is 17.1 Å². The van der Waals surface area contributed by atoms with Gasteiger partial charge in [0.05, 0.1) is 6.61 Å². The Morgan fingerprint density at radius 2 is 2.00 bits per heavy atom. The lowest BCUT2D eigenvalue weighted by Gasteiger charge is -2.18. The van der Waals surface area contributed by atoms with E-state index in [9.17, 15) is 0 Å². The summed E-state index contributed by atoms with van der Waals surface area (Å²) in [6.45, 7) is 6.71. The summed E-state index contributed by atoms with van der Waals surface area (Å²) in [6.07, 6.45) is 0.798. The van der Waals surface area contributed by atoms with Crippen LogP contribution in [0, 0.1) is 0 Å². The SMILES string of the molecule is CCOc1[nH]c2ccccc2c1CC(C)(C)N. The monoisotopic (exact) mass is 232 g/mol. The third-order valence-electron chi connectivity index (χ3n) is 2.70. The number of nitrogens with one attached hydrogen (secondary N) is 1. The molecule has 0 bridgehead atoms. The Morgan fingerprint density at radius 1 is 1.29 bits per heavy atom. The Bertz CT molecular complexity index is 508. The van der Waals surface area contributed by atoms with E-state index in [1.165, 1.54) is 10.9 Å². The van der Waals surface area contributed by atoms with Crippen LogP contribution in [0.4, 0.5) is 0 Å². The molecule has 0 fully saturated rings. The molecule has 17 heavy (non-hydrogen) atoms. The van der Waals surface area contributed by atoms with Crippen LogP contribution in [0.25, 0.3) is 10.9 Å². The average molecular weight is 232 g/mol. The molecule has 3 N–H and O–H groups in total.